The van der Waals surface area contributed by atoms with E-state index >= 15 is 0 Å². The maximum atomic E-state index is 6.57. The predicted molar refractivity (Wildman–Crippen MR) is 79.3 cm³/mol. The van der Waals surface area contributed by atoms with Gasteiger partial charge in [0.05, 0.1) is 11.4 Å². The lowest BCUT2D eigenvalue weighted by atomic mass is 10.1. The fraction of sp³-hybridized carbons (Fsp3) is 0.438. The van der Waals surface area contributed by atoms with E-state index in [1.807, 2.05) is 4.68 Å². The standard InChI is InChI=1S/C16H19ClN2/c1-11-8-9-12(2)15(10-11)19-16(17)13-6-4-3-5-7-14(13)18-19/h8-10H,3-7H2,1-2H3. The molecular weight excluding hydrogens is 256 g/mol. The normalized spacial score (nSPS) is 15.1. The molecule has 0 amide bonds. The Bertz CT molecular complexity index is 613. The fourth-order valence-electron chi connectivity index (χ4n) is 2.80. The molecule has 3 heteroatoms. The number of aromatic nitrogens is 2. The molecule has 19 heavy (non-hydrogen) atoms. The summed E-state index contributed by atoms with van der Waals surface area (Å²) in [5.74, 6) is 0. The summed E-state index contributed by atoms with van der Waals surface area (Å²) in [7, 11) is 0. The van der Waals surface area contributed by atoms with Gasteiger partial charge in [-0.25, -0.2) is 4.68 Å². The minimum atomic E-state index is 0.811. The molecule has 0 fully saturated rings. The van der Waals surface area contributed by atoms with Crippen LogP contribution in [-0.4, -0.2) is 9.78 Å². The van der Waals surface area contributed by atoms with E-state index in [1.54, 1.807) is 0 Å². The van der Waals surface area contributed by atoms with Crippen molar-refractivity contribution in [1.29, 1.82) is 0 Å². The number of hydrogen-bond acceptors (Lipinski definition) is 1. The van der Waals surface area contributed by atoms with Crippen molar-refractivity contribution in [2.75, 3.05) is 0 Å². The third-order valence-electron chi connectivity index (χ3n) is 3.94. The van der Waals surface area contributed by atoms with E-state index in [2.05, 4.69) is 32.0 Å². The fourth-order valence-corrected chi connectivity index (χ4v) is 3.13. The Hall–Kier alpha value is -1.28. The maximum absolute atomic E-state index is 6.57. The van der Waals surface area contributed by atoms with Gasteiger partial charge in [0.15, 0.2) is 0 Å². The molecule has 2 nitrogen and oxygen atoms in total. The molecule has 3 rings (SSSR count). The Morgan fingerprint density at radius 2 is 1.89 bits per heavy atom. The van der Waals surface area contributed by atoms with E-state index in [4.69, 9.17) is 16.7 Å². The number of rotatable bonds is 1. The first-order valence-corrected chi connectivity index (χ1v) is 7.38. The van der Waals surface area contributed by atoms with Gasteiger partial charge < -0.3 is 0 Å². The van der Waals surface area contributed by atoms with Crippen LogP contribution < -0.4 is 0 Å². The van der Waals surface area contributed by atoms with Gasteiger partial charge in [-0.15, -0.1) is 0 Å². The molecule has 0 bridgehead atoms. The molecule has 1 aromatic carbocycles. The molecule has 100 valence electrons. The van der Waals surface area contributed by atoms with Crippen molar-refractivity contribution in [2.24, 2.45) is 0 Å². The summed E-state index contributed by atoms with van der Waals surface area (Å²) < 4.78 is 1.93. The van der Waals surface area contributed by atoms with Crippen molar-refractivity contribution < 1.29 is 0 Å². The van der Waals surface area contributed by atoms with E-state index in [9.17, 15) is 0 Å². The molecule has 1 aliphatic rings. The number of benzene rings is 1. The quantitative estimate of drug-likeness (QED) is 0.704. The minimum absolute atomic E-state index is 0.811. The van der Waals surface area contributed by atoms with Crippen LogP contribution in [0.2, 0.25) is 5.15 Å². The van der Waals surface area contributed by atoms with E-state index in [0.717, 1.165) is 23.7 Å². The zero-order chi connectivity index (χ0) is 13.4. The average molecular weight is 275 g/mol. The lowest BCUT2D eigenvalue weighted by Gasteiger charge is -2.09. The van der Waals surface area contributed by atoms with Gasteiger partial charge in [-0.2, -0.15) is 5.10 Å². The van der Waals surface area contributed by atoms with Gasteiger partial charge in [-0.3, -0.25) is 0 Å². The average Bonchev–Trinajstić information content (AvgIpc) is 2.59. The molecule has 1 aliphatic carbocycles. The highest BCUT2D eigenvalue weighted by molar-refractivity contribution is 6.30. The number of aryl methyl sites for hydroxylation is 3. The van der Waals surface area contributed by atoms with Gasteiger partial charge in [0.2, 0.25) is 0 Å². The molecule has 0 atom stereocenters. The molecule has 0 radical (unpaired) electrons. The molecule has 0 N–H and O–H groups in total. The lowest BCUT2D eigenvalue weighted by molar-refractivity contribution is 0.694. The summed E-state index contributed by atoms with van der Waals surface area (Å²) in [6.45, 7) is 4.21. The first-order valence-electron chi connectivity index (χ1n) is 7.00. The Morgan fingerprint density at radius 3 is 2.74 bits per heavy atom. The zero-order valence-electron chi connectivity index (χ0n) is 11.5. The highest BCUT2D eigenvalue weighted by Crippen LogP contribution is 2.30. The predicted octanol–water partition coefficient (Wildman–Crippen LogP) is 4.41. The monoisotopic (exact) mass is 274 g/mol. The second kappa shape index (κ2) is 5.01. The second-order valence-corrected chi connectivity index (χ2v) is 5.84. The number of fused-ring (bicyclic) bond motifs is 1. The first kappa shape index (κ1) is 12.7. The Kier molecular flexibility index (Phi) is 3.36. The van der Waals surface area contributed by atoms with Crippen molar-refractivity contribution in [2.45, 2.75) is 46.0 Å². The van der Waals surface area contributed by atoms with E-state index in [0.29, 0.717) is 0 Å². The Labute approximate surface area is 119 Å². The van der Waals surface area contributed by atoms with Gasteiger partial charge in [0, 0.05) is 5.56 Å². The molecule has 0 saturated carbocycles. The van der Waals surface area contributed by atoms with Crippen molar-refractivity contribution in [3.8, 4) is 5.69 Å². The van der Waals surface area contributed by atoms with Gasteiger partial charge in [0.1, 0.15) is 5.15 Å². The van der Waals surface area contributed by atoms with Crippen LogP contribution in [-0.2, 0) is 12.8 Å². The maximum Gasteiger partial charge on any atom is 0.136 e. The number of halogens is 1. The summed E-state index contributed by atoms with van der Waals surface area (Å²) in [5, 5.41) is 5.58. The number of hydrogen-bond donors (Lipinski definition) is 0. The Morgan fingerprint density at radius 1 is 1.11 bits per heavy atom. The van der Waals surface area contributed by atoms with Crippen molar-refractivity contribution in [1.82, 2.24) is 9.78 Å². The minimum Gasteiger partial charge on any atom is -0.221 e. The van der Waals surface area contributed by atoms with Crippen LogP contribution in [0.4, 0.5) is 0 Å². The third kappa shape index (κ3) is 2.30. The molecule has 0 spiro atoms. The topological polar surface area (TPSA) is 17.8 Å². The molecule has 1 heterocycles. The summed E-state index contributed by atoms with van der Waals surface area (Å²) in [4.78, 5) is 0. The molecule has 0 unspecified atom stereocenters. The van der Waals surface area contributed by atoms with Crippen LogP contribution in [0.3, 0.4) is 0 Å². The third-order valence-corrected chi connectivity index (χ3v) is 4.33. The van der Waals surface area contributed by atoms with Crippen LogP contribution in [0, 0.1) is 13.8 Å². The van der Waals surface area contributed by atoms with E-state index < -0.39 is 0 Å². The van der Waals surface area contributed by atoms with Crippen molar-refractivity contribution in [3.05, 3.63) is 45.7 Å². The molecule has 1 aromatic heterocycles. The van der Waals surface area contributed by atoms with Crippen molar-refractivity contribution in [3.63, 3.8) is 0 Å². The summed E-state index contributed by atoms with van der Waals surface area (Å²) in [5.41, 5.74) is 6.02. The van der Waals surface area contributed by atoms with Crippen LogP contribution in [0.1, 0.15) is 41.6 Å². The van der Waals surface area contributed by atoms with Crippen LogP contribution in [0.25, 0.3) is 5.69 Å². The van der Waals surface area contributed by atoms with Crippen LogP contribution >= 0.6 is 11.6 Å². The highest BCUT2D eigenvalue weighted by atomic mass is 35.5. The molecule has 0 aliphatic heterocycles. The van der Waals surface area contributed by atoms with Gasteiger partial charge >= 0.3 is 0 Å². The largest absolute Gasteiger partial charge is 0.221 e. The SMILES string of the molecule is Cc1ccc(C)c(-n2nc3c(c2Cl)CCCCC3)c1. The summed E-state index contributed by atoms with van der Waals surface area (Å²) >= 11 is 6.57. The Balaban J connectivity index is 2.13. The molecular formula is C16H19ClN2. The molecule has 2 aromatic rings. The van der Waals surface area contributed by atoms with Crippen LogP contribution in [0.5, 0.6) is 0 Å². The lowest BCUT2D eigenvalue weighted by Crippen LogP contribution is -2.01. The first-order chi connectivity index (χ1) is 9.16. The number of nitrogens with zero attached hydrogens (tertiary/aromatic N) is 2. The zero-order valence-corrected chi connectivity index (χ0v) is 12.3. The second-order valence-electron chi connectivity index (χ2n) is 5.48. The van der Waals surface area contributed by atoms with Crippen molar-refractivity contribution >= 4 is 11.6 Å². The van der Waals surface area contributed by atoms with E-state index in [1.165, 1.54) is 41.6 Å². The summed E-state index contributed by atoms with van der Waals surface area (Å²) in [6.07, 6.45) is 5.88. The van der Waals surface area contributed by atoms with E-state index in [-0.39, 0.29) is 0 Å². The smallest absolute Gasteiger partial charge is 0.136 e. The summed E-state index contributed by atoms with van der Waals surface area (Å²) in [6, 6.07) is 6.42. The molecule has 0 saturated heterocycles. The van der Waals surface area contributed by atoms with Gasteiger partial charge in [-0.1, -0.05) is 30.2 Å². The highest BCUT2D eigenvalue weighted by Gasteiger charge is 2.19. The van der Waals surface area contributed by atoms with Gasteiger partial charge in [0.25, 0.3) is 0 Å². The van der Waals surface area contributed by atoms with Gasteiger partial charge in [-0.05, 0) is 56.7 Å². The van der Waals surface area contributed by atoms with Crippen LogP contribution in [0.15, 0.2) is 18.2 Å².